The highest BCUT2D eigenvalue weighted by atomic mass is 16.2. The van der Waals surface area contributed by atoms with Crippen LogP contribution < -0.4 is 15.5 Å². The lowest BCUT2D eigenvalue weighted by molar-refractivity contribution is -0.129. The first-order valence-electron chi connectivity index (χ1n) is 11.9. The fourth-order valence-corrected chi connectivity index (χ4v) is 4.05. The summed E-state index contributed by atoms with van der Waals surface area (Å²) in [5, 5.41) is 19.4. The number of aromatic nitrogens is 3. The third-order valence-electron chi connectivity index (χ3n) is 6.29. The molecule has 186 valence electrons. The van der Waals surface area contributed by atoms with Crippen LogP contribution in [0.25, 0.3) is 0 Å². The molecule has 1 aliphatic rings. The molecule has 1 fully saturated rings. The van der Waals surface area contributed by atoms with Crippen molar-refractivity contribution in [3.63, 3.8) is 0 Å². The Hall–Kier alpha value is -4.23. The number of amides is 2. The van der Waals surface area contributed by atoms with E-state index in [2.05, 4.69) is 26.8 Å². The molecular formula is C26H30N8O2. The molecule has 0 aliphatic carbocycles. The smallest absolute Gasteiger partial charge is 0.241 e. The van der Waals surface area contributed by atoms with Crippen LogP contribution in [0.5, 0.6) is 0 Å². The van der Waals surface area contributed by atoms with Gasteiger partial charge < -0.3 is 20.4 Å². The summed E-state index contributed by atoms with van der Waals surface area (Å²) in [5.41, 5.74) is 3.42. The number of nitrogens with zero attached hydrogens (tertiary/aromatic N) is 6. The molecule has 1 aliphatic heterocycles. The molecule has 0 radical (unpaired) electrons. The van der Waals surface area contributed by atoms with Crippen LogP contribution >= 0.6 is 0 Å². The number of nitrogens with one attached hydrogen (secondary N) is 2. The number of nitriles is 1. The van der Waals surface area contributed by atoms with Crippen molar-refractivity contribution in [2.24, 2.45) is 7.05 Å². The van der Waals surface area contributed by atoms with E-state index in [1.807, 2.05) is 36.3 Å². The van der Waals surface area contributed by atoms with Crippen LogP contribution in [0, 0.1) is 11.3 Å². The van der Waals surface area contributed by atoms with Gasteiger partial charge in [0.2, 0.25) is 11.8 Å². The Kier molecular flexibility index (Phi) is 7.92. The molecule has 36 heavy (non-hydrogen) atoms. The summed E-state index contributed by atoms with van der Waals surface area (Å²) >= 11 is 0. The van der Waals surface area contributed by atoms with Crippen molar-refractivity contribution in [1.29, 1.82) is 5.26 Å². The topological polar surface area (TPSA) is 119 Å². The number of aryl methyl sites for hydroxylation is 1. The van der Waals surface area contributed by atoms with E-state index in [1.165, 1.54) is 0 Å². The highest BCUT2D eigenvalue weighted by Crippen LogP contribution is 2.20. The van der Waals surface area contributed by atoms with Crippen molar-refractivity contribution in [3.8, 4) is 6.07 Å². The molecular weight excluding hydrogens is 456 g/mol. The Labute approximate surface area is 210 Å². The normalized spacial score (nSPS) is 14.4. The molecule has 2 N–H and O–H groups in total. The van der Waals surface area contributed by atoms with E-state index in [4.69, 9.17) is 5.26 Å². The maximum absolute atomic E-state index is 13.2. The number of carbonyl (C=O) groups excluding carboxylic acids is 2. The quantitative estimate of drug-likeness (QED) is 0.440. The average molecular weight is 487 g/mol. The number of hydrogen-bond donors (Lipinski definition) is 2. The van der Waals surface area contributed by atoms with Gasteiger partial charge in [-0.25, -0.2) is 4.98 Å². The Morgan fingerprint density at radius 2 is 1.94 bits per heavy atom. The van der Waals surface area contributed by atoms with Crippen molar-refractivity contribution in [1.82, 2.24) is 25.0 Å². The summed E-state index contributed by atoms with van der Waals surface area (Å²) < 4.78 is 1.68. The van der Waals surface area contributed by atoms with Crippen molar-refractivity contribution in [2.75, 3.05) is 50.0 Å². The molecule has 1 unspecified atom stereocenters. The van der Waals surface area contributed by atoms with Crippen molar-refractivity contribution in [2.45, 2.75) is 12.3 Å². The summed E-state index contributed by atoms with van der Waals surface area (Å²) in [6.07, 6.45) is 6.01. The fourth-order valence-electron chi connectivity index (χ4n) is 4.05. The molecule has 3 heterocycles. The van der Waals surface area contributed by atoms with Gasteiger partial charge in [-0.3, -0.25) is 14.3 Å². The molecule has 1 atom stereocenters. The lowest BCUT2D eigenvalue weighted by atomic mass is 10.0. The molecule has 0 bridgehead atoms. The monoisotopic (exact) mass is 486 g/mol. The Balaban J connectivity index is 1.35. The average Bonchev–Trinajstić information content (AvgIpc) is 3.32. The molecule has 2 aromatic heterocycles. The first kappa shape index (κ1) is 24.9. The van der Waals surface area contributed by atoms with Gasteiger partial charge in [-0.2, -0.15) is 10.4 Å². The summed E-state index contributed by atoms with van der Waals surface area (Å²) in [6.45, 7) is 2.86. The van der Waals surface area contributed by atoms with Crippen LogP contribution in [0.15, 0.2) is 55.0 Å². The summed E-state index contributed by atoms with van der Waals surface area (Å²) in [5.74, 6) is -0.0967. The molecule has 0 spiro atoms. The van der Waals surface area contributed by atoms with Crippen molar-refractivity contribution < 1.29 is 9.59 Å². The maximum atomic E-state index is 13.2. The van der Waals surface area contributed by atoms with E-state index >= 15 is 0 Å². The van der Waals surface area contributed by atoms with Gasteiger partial charge in [0.1, 0.15) is 5.82 Å². The molecule has 4 rings (SSSR count). The molecule has 3 aromatic rings. The Morgan fingerprint density at radius 3 is 2.58 bits per heavy atom. The lowest BCUT2D eigenvalue weighted by Gasteiger charge is -2.33. The standard InChI is InChI=1S/C26H30N8O2/c1-32-11-12-34(18-25(32)35)22-7-8-24(29-15-22)31-26(36)23(21-14-30-33(2)17-21)16-28-10-9-19-3-5-20(13-27)6-4-19/h3-8,14-15,17,23,28H,9-12,16,18H2,1-2H3,(H,29,31,36). The predicted molar refractivity (Wildman–Crippen MR) is 136 cm³/mol. The molecule has 0 saturated carbocycles. The second-order valence-corrected chi connectivity index (χ2v) is 8.89. The number of hydrogen-bond acceptors (Lipinski definition) is 7. The molecule has 10 heteroatoms. The zero-order valence-electron chi connectivity index (χ0n) is 20.5. The highest BCUT2D eigenvalue weighted by Gasteiger charge is 2.24. The zero-order chi connectivity index (χ0) is 25.5. The minimum Gasteiger partial charge on any atom is -0.359 e. The SMILES string of the molecule is CN1CCN(c2ccc(NC(=O)C(CNCCc3ccc(C#N)cc3)c3cnn(C)c3)nc2)CC1=O. The predicted octanol–water partition coefficient (Wildman–Crippen LogP) is 1.52. The first-order valence-corrected chi connectivity index (χ1v) is 11.9. The van der Waals surface area contributed by atoms with Gasteiger partial charge in [-0.1, -0.05) is 12.1 Å². The lowest BCUT2D eigenvalue weighted by Crippen LogP contribution is -2.48. The van der Waals surface area contributed by atoms with Crippen LogP contribution in [-0.2, 0) is 23.1 Å². The van der Waals surface area contributed by atoms with E-state index in [0.29, 0.717) is 37.6 Å². The summed E-state index contributed by atoms with van der Waals surface area (Å²) in [6, 6.07) is 13.3. The van der Waals surface area contributed by atoms with E-state index in [1.54, 1.807) is 47.2 Å². The number of pyridine rings is 1. The summed E-state index contributed by atoms with van der Waals surface area (Å²) in [7, 11) is 3.62. The van der Waals surface area contributed by atoms with Crippen LogP contribution in [0.3, 0.4) is 0 Å². The third-order valence-corrected chi connectivity index (χ3v) is 6.29. The Bertz CT molecular complexity index is 1230. The van der Waals surface area contributed by atoms with Gasteiger partial charge in [0.15, 0.2) is 0 Å². The van der Waals surface area contributed by atoms with Gasteiger partial charge in [0.05, 0.1) is 42.2 Å². The number of anilines is 2. The van der Waals surface area contributed by atoms with E-state index in [-0.39, 0.29) is 11.8 Å². The van der Waals surface area contributed by atoms with Gasteiger partial charge >= 0.3 is 0 Å². The third kappa shape index (κ3) is 6.25. The van der Waals surface area contributed by atoms with Gasteiger partial charge in [-0.05, 0) is 42.8 Å². The number of carbonyl (C=O) groups is 2. The van der Waals surface area contributed by atoms with Crippen LogP contribution in [0.1, 0.15) is 22.6 Å². The second-order valence-electron chi connectivity index (χ2n) is 8.89. The molecule has 1 aromatic carbocycles. The fraction of sp³-hybridized carbons (Fsp3) is 0.346. The van der Waals surface area contributed by atoms with Crippen molar-refractivity contribution in [3.05, 3.63) is 71.7 Å². The van der Waals surface area contributed by atoms with E-state index < -0.39 is 5.92 Å². The second kappa shape index (κ2) is 11.5. The van der Waals surface area contributed by atoms with E-state index in [9.17, 15) is 9.59 Å². The van der Waals surface area contributed by atoms with Gasteiger partial charge in [-0.15, -0.1) is 0 Å². The molecule has 2 amide bonds. The minimum absolute atomic E-state index is 0.0737. The van der Waals surface area contributed by atoms with Crippen LogP contribution in [-0.4, -0.2) is 71.3 Å². The minimum atomic E-state index is -0.448. The number of piperazine rings is 1. The van der Waals surface area contributed by atoms with Gasteiger partial charge in [0.25, 0.3) is 0 Å². The Morgan fingerprint density at radius 1 is 1.14 bits per heavy atom. The number of benzene rings is 1. The van der Waals surface area contributed by atoms with Gasteiger partial charge in [0, 0.05) is 45.5 Å². The number of likely N-dealkylation sites (N-methyl/N-ethyl adjacent to an activating group) is 1. The van der Waals surface area contributed by atoms with E-state index in [0.717, 1.165) is 29.8 Å². The maximum Gasteiger partial charge on any atom is 0.241 e. The zero-order valence-corrected chi connectivity index (χ0v) is 20.5. The molecule has 1 saturated heterocycles. The summed E-state index contributed by atoms with van der Waals surface area (Å²) in [4.78, 5) is 33.3. The van der Waals surface area contributed by atoms with Crippen molar-refractivity contribution >= 4 is 23.3 Å². The molecule has 10 nitrogen and oxygen atoms in total. The van der Waals surface area contributed by atoms with Crippen LogP contribution in [0.2, 0.25) is 0 Å². The van der Waals surface area contributed by atoms with Crippen LogP contribution in [0.4, 0.5) is 11.5 Å². The highest BCUT2D eigenvalue weighted by molar-refractivity contribution is 5.95. The largest absolute Gasteiger partial charge is 0.359 e. The number of rotatable bonds is 9. The first-order chi connectivity index (χ1) is 17.4.